The first-order valence-corrected chi connectivity index (χ1v) is 12.5. The lowest BCUT2D eigenvalue weighted by molar-refractivity contribution is -0.117. The molecule has 5 unspecified atom stereocenters. The molecule has 176 valence electrons. The van der Waals surface area contributed by atoms with Gasteiger partial charge in [-0.25, -0.2) is 4.79 Å². The highest BCUT2D eigenvalue weighted by molar-refractivity contribution is 7.99. The molecule has 2 aromatic rings. The molecule has 9 nitrogen and oxygen atoms in total. The number of fused-ring (bicyclic) bond motifs is 3. The lowest BCUT2D eigenvalue weighted by Crippen LogP contribution is -2.47. The third-order valence-electron chi connectivity index (χ3n) is 7.04. The van der Waals surface area contributed by atoms with Crippen molar-refractivity contribution in [3.63, 3.8) is 0 Å². The van der Waals surface area contributed by atoms with E-state index in [-0.39, 0.29) is 17.7 Å². The molecular formula is C23H29N5O4S. The van der Waals surface area contributed by atoms with Gasteiger partial charge >= 0.3 is 6.03 Å². The Morgan fingerprint density at radius 3 is 2.79 bits per heavy atom. The van der Waals surface area contributed by atoms with Crippen molar-refractivity contribution < 1.29 is 19.1 Å². The highest BCUT2D eigenvalue weighted by Crippen LogP contribution is 2.49. The molecule has 0 spiro atoms. The van der Waals surface area contributed by atoms with Gasteiger partial charge in [-0.05, 0) is 56.1 Å². The average molecular weight is 472 g/mol. The van der Waals surface area contributed by atoms with Gasteiger partial charge in [-0.15, -0.1) is 10.2 Å². The standard InChI is InChI=1S/C23H29N5O4S/c1-13(16-10-14-7-8-15(16)9-14)24-22(30)25-20(29)12-33-23-27-26-21(28(23)2)19-11-31-17-5-3-4-6-18(17)32-19/h3-6,13-16,19H,7-12H2,1-2H3,(H2,24,25,29,30). The maximum atomic E-state index is 12.3. The normalized spacial score (nSPS) is 26.1. The van der Waals surface area contributed by atoms with E-state index in [1.165, 1.54) is 37.4 Å². The first-order valence-electron chi connectivity index (χ1n) is 11.5. The number of rotatable bonds is 6. The highest BCUT2D eigenvalue weighted by atomic mass is 32.2. The molecule has 0 radical (unpaired) electrons. The van der Waals surface area contributed by atoms with Crippen LogP contribution >= 0.6 is 11.8 Å². The van der Waals surface area contributed by atoms with Crippen LogP contribution in [0.1, 0.15) is 44.5 Å². The van der Waals surface area contributed by atoms with Crippen LogP contribution in [0.25, 0.3) is 0 Å². The Kier molecular flexibility index (Phi) is 6.18. The molecule has 5 atom stereocenters. The molecule has 1 aromatic carbocycles. The van der Waals surface area contributed by atoms with Gasteiger partial charge in [0.15, 0.2) is 28.6 Å². The number of ether oxygens (including phenoxy) is 2. The lowest BCUT2D eigenvalue weighted by atomic mass is 9.84. The zero-order valence-electron chi connectivity index (χ0n) is 18.8. The molecular weight excluding hydrogens is 442 g/mol. The smallest absolute Gasteiger partial charge is 0.321 e. The van der Waals surface area contributed by atoms with Crippen molar-refractivity contribution in [3.05, 3.63) is 30.1 Å². The molecule has 2 N–H and O–H groups in total. The minimum Gasteiger partial charge on any atom is -0.485 e. The minimum absolute atomic E-state index is 0.0623. The molecule has 33 heavy (non-hydrogen) atoms. The number of carbonyl (C=O) groups excluding carboxylic acids is 2. The second-order valence-corrected chi connectivity index (χ2v) is 10.1. The second-order valence-electron chi connectivity index (χ2n) is 9.20. The number of amides is 3. The number of nitrogens with zero attached hydrogens (tertiary/aromatic N) is 3. The number of carbonyl (C=O) groups is 2. The summed E-state index contributed by atoms with van der Waals surface area (Å²) in [6.45, 7) is 2.37. The fraction of sp³-hybridized carbons (Fsp3) is 0.565. The Bertz CT molecular complexity index is 1040. The number of para-hydroxylation sites is 2. The number of urea groups is 1. The predicted molar refractivity (Wildman–Crippen MR) is 122 cm³/mol. The van der Waals surface area contributed by atoms with Crippen molar-refractivity contribution in [1.29, 1.82) is 0 Å². The van der Waals surface area contributed by atoms with Crippen LogP contribution in [0.15, 0.2) is 29.4 Å². The van der Waals surface area contributed by atoms with Crippen LogP contribution in [-0.4, -0.2) is 45.1 Å². The van der Waals surface area contributed by atoms with E-state index in [1.807, 2.05) is 38.2 Å². The largest absolute Gasteiger partial charge is 0.485 e. The van der Waals surface area contributed by atoms with Gasteiger partial charge in [0.05, 0.1) is 5.75 Å². The second kappa shape index (κ2) is 9.24. The van der Waals surface area contributed by atoms with Crippen LogP contribution in [-0.2, 0) is 11.8 Å². The van der Waals surface area contributed by atoms with Crippen LogP contribution in [0.3, 0.4) is 0 Å². The Morgan fingerprint density at radius 2 is 2.03 bits per heavy atom. The highest BCUT2D eigenvalue weighted by Gasteiger charge is 2.42. The van der Waals surface area contributed by atoms with E-state index in [4.69, 9.17) is 9.47 Å². The molecule has 2 bridgehead atoms. The van der Waals surface area contributed by atoms with Gasteiger partial charge in [-0.1, -0.05) is 30.3 Å². The average Bonchev–Trinajstić information content (AvgIpc) is 3.53. The molecule has 10 heteroatoms. The van der Waals surface area contributed by atoms with Gasteiger partial charge in [0.1, 0.15) is 6.61 Å². The van der Waals surface area contributed by atoms with E-state index in [2.05, 4.69) is 20.8 Å². The first-order chi connectivity index (χ1) is 16.0. The molecule has 2 saturated carbocycles. The Hall–Kier alpha value is -2.75. The van der Waals surface area contributed by atoms with Gasteiger partial charge in [0, 0.05) is 13.1 Å². The Balaban J connectivity index is 1.10. The molecule has 2 fully saturated rings. The zero-order chi connectivity index (χ0) is 22.9. The number of benzene rings is 1. The number of imide groups is 1. The SMILES string of the molecule is CC(NC(=O)NC(=O)CSc1nnc(C2COc3ccccc3O2)n1C)C1CC2CCC1C2. The van der Waals surface area contributed by atoms with Crippen molar-refractivity contribution in [3.8, 4) is 11.5 Å². The van der Waals surface area contributed by atoms with Crippen LogP contribution in [0.2, 0.25) is 0 Å². The summed E-state index contributed by atoms with van der Waals surface area (Å²) in [5.74, 6) is 3.74. The summed E-state index contributed by atoms with van der Waals surface area (Å²) in [6.07, 6.45) is 4.68. The molecule has 3 aliphatic rings. The monoisotopic (exact) mass is 471 g/mol. The minimum atomic E-state index is -0.430. The molecule has 1 aliphatic heterocycles. The Morgan fingerprint density at radius 1 is 1.21 bits per heavy atom. The van der Waals surface area contributed by atoms with E-state index in [1.54, 1.807) is 4.57 Å². The summed E-state index contributed by atoms with van der Waals surface area (Å²) in [5.41, 5.74) is 0. The number of thioether (sulfide) groups is 1. The van der Waals surface area contributed by atoms with Crippen molar-refractivity contribution >= 4 is 23.7 Å². The van der Waals surface area contributed by atoms with Crippen molar-refractivity contribution in [2.45, 2.75) is 49.9 Å². The maximum Gasteiger partial charge on any atom is 0.321 e. The molecule has 0 saturated heterocycles. The van der Waals surface area contributed by atoms with Crippen LogP contribution < -0.4 is 20.1 Å². The molecule has 1 aromatic heterocycles. The summed E-state index contributed by atoms with van der Waals surface area (Å²) < 4.78 is 13.5. The number of hydrogen-bond acceptors (Lipinski definition) is 7. The van der Waals surface area contributed by atoms with E-state index < -0.39 is 12.1 Å². The number of hydrogen-bond donors (Lipinski definition) is 2. The maximum absolute atomic E-state index is 12.3. The van der Waals surface area contributed by atoms with Crippen LogP contribution in [0.4, 0.5) is 4.79 Å². The number of nitrogens with one attached hydrogen (secondary N) is 2. The topological polar surface area (TPSA) is 107 Å². The van der Waals surface area contributed by atoms with E-state index >= 15 is 0 Å². The van der Waals surface area contributed by atoms with E-state index in [9.17, 15) is 9.59 Å². The molecule has 5 rings (SSSR count). The summed E-state index contributed by atoms with van der Waals surface area (Å²) in [4.78, 5) is 24.6. The van der Waals surface area contributed by atoms with E-state index in [0.29, 0.717) is 40.9 Å². The van der Waals surface area contributed by atoms with Gasteiger partial charge < -0.3 is 19.4 Å². The molecule has 3 amide bonds. The van der Waals surface area contributed by atoms with Crippen LogP contribution in [0, 0.1) is 17.8 Å². The molecule has 2 heterocycles. The fourth-order valence-corrected chi connectivity index (χ4v) is 6.15. The summed E-state index contributed by atoms with van der Waals surface area (Å²) in [7, 11) is 1.82. The third kappa shape index (κ3) is 4.66. The van der Waals surface area contributed by atoms with Crippen molar-refractivity contribution in [2.24, 2.45) is 24.8 Å². The van der Waals surface area contributed by atoms with E-state index in [0.717, 1.165) is 5.92 Å². The third-order valence-corrected chi connectivity index (χ3v) is 8.06. The van der Waals surface area contributed by atoms with Gasteiger partial charge in [-0.2, -0.15) is 0 Å². The van der Waals surface area contributed by atoms with Crippen molar-refractivity contribution in [2.75, 3.05) is 12.4 Å². The van der Waals surface area contributed by atoms with Crippen molar-refractivity contribution in [1.82, 2.24) is 25.4 Å². The van der Waals surface area contributed by atoms with Gasteiger partial charge in [-0.3, -0.25) is 10.1 Å². The summed E-state index contributed by atoms with van der Waals surface area (Å²) in [6, 6.07) is 7.13. The zero-order valence-corrected chi connectivity index (χ0v) is 19.6. The fourth-order valence-electron chi connectivity index (χ4n) is 5.43. The van der Waals surface area contributed by atoms with Gasteiger partial charge in [0.25, 0.3) is 0 Å². The predicted octanol–water partition coefficient (Wildman–Crippen LogP) is 3.07. The quantitative estimate of drug-likeness (QED) is 0.624. The van der Waals surface area contributed by atoms with Crippen LogP contribution in [0.5, 0.6) is 11.5 Å². The van der Waals surface area contributed by atoms with Gasteiger partial charge in [0.2, 0.25) is 5.91 Å². The molecule has 2 aliphatic carbocycles. The summed E-state index contributed by atoms with van der Waals surface area (Å²) >= 11 is 1.22. The lowest BCUT2D eigenvalue weighted by Gasteiger charge is -2.28. The Labute approximate surface area is 197 Å². The first kappa shape index (κ1) is 22.1. The summed E-state index contributed by atoms with van der Waals surface area (Å²) in [5, 5.41) is 14.4. The number of aromatic nitrogens is 3.